The molecule has 0 aromatic carbocycles. The third-order valence-electron chi connectivity index (χ3n) is 1.56. The van der Waals surface area contributed by atoms with Gasteiger partial charge in [-0.2, -0.15) is 0 Å². The first-order valence-electron chi connectivity index (χ1n) is 4.33. The summed E-state index contributed by atoms with van der Waals surface area (Å²) in [6.07, 6.45) is 2.28. The van der Waals surface area contributed by atoms with E-state index >= 15 is 0 Å². The second-order valence-electron chi connectivity index (χ2n) is 3.40. The highest BCUT2D eigenvalue weighted by molar-refractivity contribution is 7.90. The van der Waals surface area contributed by atoms with Crippen molar-refractivity contribution in [3.63, 3.8) is 0 Å². The fourth-order valence-electron chi connectivity index (χ4n) is 0.921. The Kier molecular flexibility index (Phi) is 3.57. The summed E-state index contributed by atoms with van der Waals surface area (Å²) in [5.41, 5.74) is 0. The van der Waals surface area contributed by atoms with Crippen LogP contribution in [0, 0.1) is 0 Å². The van der Waals surface area contributed by atoms with E-state index in [2.05, 4.69) is 4.98 Å². The molecule has 0 atom stereocenters. The lowest BCUT2D eigenvalue weighted by Gasteiger charge is -2.10. The number of ether oxygens (including phenoxy) is 1. The van der Waals surface area contributed by atoms with Crippen molar-refractivity contribution in [3.05, 3.63) is 17.3 Å². The number of rotatable bonds is 3. The second kappa shape index (κ2) is 4.37. The minimum absolute atomic E-state index is 0.0564. The molecular formula is C9H12ClNO3S. The molecule has 84 valence electrons. The zero-order valence-corrected chi connectivity index (χ0v) is 10.3. The molecule has 0 saturated carbocycles. The minimum atomic E-state index is -3.27. The molecule has 1 aromatic heterocycles. The van der Waals surface area contributed by atoms with E-state index in [4.69, 9.17) is 16.3 Å². The first-order chi connectivity index (χ1) is 6.80. The van der Waals surface area contributed by atoms with Gasteiger partial charge in [0, 0.05) is 12.5 Å². The molecular weight excluding hydrogens is 238 g/mol. The highest BCUT2D eigenvalue weighted by atomic mass is 35.5. The third-order valence-corrected chi connectivity index (χ3v) is 2.91. The van der Waals surface area contributed by atoms with Gasteiger partial charge >= 0.3 is 0 Å². The SMILES string of the molecule is CC(C)Oc1ncc(S(C)(=O)=O)cc1Cl. The van der Waals surface area contributed by atoms with Crippen molar-refractivity contribution < 1.29 is 13.2 Å². The summed E-state index contributed by atoms with van der Waals surface area (Å²) in [4.78, 5) is 3.94. The van der Waals surface area contributed by atoms with Gasteiger partial charge in [0.1, 0.15) is 5.02 Å². The molecule has 0 amide bonds. The van der Waals surface area contributed by atoms with E-state index < -0.39 is 9.84 Å². The highest BCUT2D eigenvalue weighted by Crippen LogP contribution is 2.25. The molecule has 1 heterocycles. The van der Waals surface area contributed by atoms with E-state index in [1.807, 2.05) is 13.8 Å². The standard InChI is InChI=1S/C9H12ClNO3S/c1-6(2)14-9-8(10)4-7(5-11-9)15(3,12)13/h4-6H,1-3H3. The molecule has 1 aromatic rings. The Balaban J connectivity index is 3.09. The quantitative estimate of drug-likeness (QED) is 0.821. The maximum Gasteiger partial charge on any atom is 0.232 e. The van der Waals surface area contributed by atoms with Gasteiger partial charge in [-0.3, -0.25) is 0 Å². The van der Waals surface area contributed by atoms with Gasteiger partial charge in [0.2, 0.25) is 5.88 Å². The molecule has 0 fully saturated rings. The molecule has 6 heteroatoms. The van der Waals surface area contributed by atoms with Gasteiger partial charge in [-0.25, -0.2) is 13.4 Å². The average Bonchev–Trinajstić information content (AvgIpc) is 2.05. The van der Waals surface area contributed by atoms with Crippen LogP contribution in [0.5, 0.6) is 5.88 Å². The van der Waals surface area contributed by atoms with Gasteiger partial charge in [-0.05, 0) is 19.9 Å². The van der Waals surface area contributed by atoms with Crippen LogP contribution in [0.4, 0.5) is 0 Å². The fourth-order valence-corrected chi connectivity index (χ4v) is 1.77. The summed E-state index contributed by atoms with van der Waals surface area (Å²) < 4.78 is 27.6. The van der Waals surface area contributed by atoms with Crippen LogP contribution in [0.25, 0.3) is 0 Å². The van der Waals surface area contributed by atoms with Gasteiger partial charge in [0.05, 0.1) is 11.0 Å². The van der Waals surface area contributed by atoms with Crippen LogP contribution in [0.2, 0.25) is 5.02 Å². The molecule has 0 aliphatic heterocycles. The van der Waals surface area contributed by atoms with E-state index in [9.17, 15) is 8.42 Å². The summed E-state index contributed by atoms with van der Waals surface area (Å²) in [5, 5.41) is 0.201. The Hall–Kier alpha value is -0.810. The van der Waals surface area contributed by atoms with Crippen molar-refractivity contribution in [2.45, 2.75) is 24.8 Å². The number of hydrogen-bond acceptors (Lipinski definition) is 4. The Morgan fingerprint density at radius 1 is 1.47 bits per heavy atom. The molecule has 0 spiro atoms. The van der Waals surface area contributed by atoms with Crippen LogP contribution >= 0.6 is 11.6 Å². The predicted octanol–water partition coefficient (Wildman–Crippen LogP) is 1.93. The minimum Gasteiger partial charge on any atom is -0.474 e. The van der Waals surface area contributed by atoms with Crippen LogP contribution in [0.1, 0.15) is 13.8 Å². The Morgan fingerprint density at radius 2 is 2.07 bits per heavy atom. The summed E-state index contributed by atoms with van der Waals surface area (Å²) in [6.45, 7) is 3.67. The molecule has 1 rings (SSSR count). The Morgan fingerprint density at radius 3 is 2.47 bits per heavy atom. The zero-order chi connectivity index (χ0) is 11.6. The molecule has 0 saturated heterocycles. The normalized spacial score (nSPS) is 11.8. The summed E-state index contributed by atoms with van der Waals surface area (Å²) in [6, 6.07) is 1.33. The van der Waals surface area contributed by atoms with E-state index in [0.29, 0.717) is 0 Å². The molecule has 0 unspecified atom stereocenters. The first kappa shape index (κ1) is 12.3. The summed E-state index contributed by atoms with van der Waals surface area (Å²) in [5.74, 6) is 0.249. The van der Waals surface area contributed by atoms with E-state index in [1.165, 1.54) is 12.3 Å². The van der Waals surface area contributed by atoms with Crippen molar-refractivity contribution in [1.82, 2.24) is 4.98 Å². The molecule has 0 N–H and O–H groups in total. The predicted molar refractivity (Wildman–Crippen MR) is 58.1 cm³/mol. The number of nitrogens with zero attached hydrogens (tertiary/aromatic N) is 1. The lowest BCUT2D eigenvalue weighted by Crippen LogP contribution is -2.08. The number of pyridine rings is 1. The Labute approximate surface area is 94.2 Å². The summed E-state index contributed by atoms with van der Waals surface area (Å²) in [7, 11) is -3.27. The van der Waals surface area contributed by atoms with Gasteiger partial charge in [-0.1, -0.05) is 11.6 Å². The van der Waals surface area contributed by atoms with Crippen molar-refractivity contribution in [3.8, 4) is 5.88 Å². The van der Waals surface area contributed by atoms with Crippen molar-refractivity contribution in [2.24, 2.45) is 0 Å². The average molecular weight is 250 g/mol. The van der Waals surface area contributed by atoms with Gasteiger partial charge in [0.15, 0.2) is 9.84 Å². The van der Waals surface area contributed by atoms with Crippen LogP contribution in [0.3, 0.4) is 0 Å². The topological polar surface area (TPSA) is 56.3 Å². The molecule has 0 radical (unpaired) electrons. The summed E-state index contributed by atoms with van der Waals surface area (Å²) >= 11 is 5.83. The van der Waals surface area contributed by atoms with Gasteiger partial charge in [-0.15, -0.1) is 0 Å². The molecule has 0 bridgehead atoms. The molecule has 4 nitrogen and oxygen atoms in total. The molecule has 0 aliphatic carbocycles. The first-order valence-corrected chi connectivity index (χ1v) is 6.60. The van der Waals surface area contributed by atoms with Gasteiger partial charge in [0.25, 0.3) is 0 Å². The maximum absolute atomic E-state index is 11.2. The number of halogens is 1. The van der Waals surface area contributed by atoms with E-state index in [-0.39, 0.29) is 21.9 Å². The van der Waals surface area contributed by atoms with Crippen molar-refractivity contribution in [1.29, 1.82) is 0 Å². The largest absolute Gasteiger partial charge is 0.474 e. The van der Waals surface area contributed by atoms with Crippen LogP contribution in [-0.2, 0) is 9.84 Å². The van der Waals surface area contributed by atoms with Crippen LogP contribution < -0.4 is 4.74 Å². The number of hydrogen-bond donors (Lipinski definition) is 0. The lowest BCUT2D eigenvalue weighted by molar-refractivity contribution is 0.232. The van der Waals surface area contributed by atoms with Crippen LogP contribution in [-0.4, -0.2) is 25.8 Å². The van der Waals surface area contributed by atoms with Crippen molar-refractivity contribution >= 4 is 21.4 Å². The zero-order valence-electron chi connectivity index (χ0n) is 8.69. The highest BCUT2D eigenvalue weighted by Gasteiger charge is 2.12. The van der Waals surface area contributed by atoms with Crippen molar-refractivity contribution in [2.75, 3.05) is 6.26 Å². The smallest absolute Gasteiger partial charge is 0.232 e. The van der Waals surface area contributed by atoms with E-state index in [1.54, 1.807) is 0 Å². The van der Waals surface area contributed by atoms with Gasteiger partial charge < -0.3 is 4.74 Å². The molecule has 0 aliphatic rings. The second-order valence-corrected chi connectivity index (χ2v) is 5.82. The van der Waals surface area contributed by atoms with E-state index in [0.717, 1.165) is 6.26 Å². The lowest BCUT2D eigenvalue weighted by atomic mass is 10.4. The molecule has 15 heavy (non-hydrogen) atoms. The fraction of sp³-hybridized carbons (Fsp3) is 0.444. The maximum atomic E-state index is 11.2. The third kappa shape index (κ3) is 3.35. The van der Waals surface area contributed by atoms with Crippen LogP contribution in [0.15, 0.2) is 17.2 Å². The Bertz CT molecular complexity index is 456. The monoisotopic (exact) mass is 249 g/mol. The number of sulfone groups is 1. The number of aromatic nitrogens is 1.